The first-order chi connectivity index (χ1) is 16.8. The molecule has 2 fully saturated rings. The summed E-state index contributed by atoms with van der Waals surface area (Å²) in [5.41, 5.74) is 0.260. The minimum Gasteiger partial charge on any atom is -0.371 e. The van der Waals surface area contributed by atoms with Gasteiger partial charge in [0, 0.05) is 30.9 Å². The van der Waals surface area contributed by atoms with E-state index < -0.39 is 11.7 Å². The maximum absolute atomic E-state index is 13.3. The van der Waals surface area contributed by atoms with Crippen molar-refractivity contribution in [1.29, 1.82) is 5.26 Å². The summed E-state index contributed by atoms with van der Waals surface area (Å²) >= 11 is 0. The summed E-state index contributed by atoms with van der Waals surface area (Å²) in [7, 11) is 0. The molecule has 2 saturated heterocycles. The van der Waals surface area contributed by atoms with Crippen molar-refractivity contribution in [2.24, 2.45) is 11.8 Å². The first-order valence-corrected chi connectivity index (χ1v) is 12.2. The molecule has 0 saturated carbocycles. The molecular formula is C26H30F3N5O. The fourth-order valence-corrected chi connectivity index (χ4v) is 4.88. The third-order valence-corrected chi connectivity index (χ3v) is 7.04. The Labute approximate surface area is 203 Å². The number of pyridine rings is 1. The van der Waals surface area contributed by atoms with Crippen LogP contribution in [0.5, 0.6) is 0 Å². The summed E-state index contributed by atoms with van der Waals surface area (Å²) in [5.74, 6) is 0.930. The Morgan fingerprint density at radius 3 is 2.51 bits per heavy atom. The Hall–Kier alpha value is -3.12. The third kappa shape index (κ3) is 6.51. The van der Waals surface area contributed by atoms with Gasteiger partial charge in [-0.15, -0.1) is 0 Å². The second-order valence-corrected chi connectivity index (χ2v) is 9.37. The number of carbonyl (C=O) groups excluding carboxylic acids is 1. The van der Waals surface area contributed by atoms with Crippen LogP contribution in [0.4, 0.5) is 24.7 Å². The Balaban J connectivity index is 1.27. The fourth-order valence-electron chi connectivity index (χ4n) is 4.88. The maximum Gasteiger partial charge on any atom is 0.417 e. The molecule has 4 rings (SSSR count). The fraction of sp³-hybridized carbons (Fsp3) is 0.500. The zero-order valence-corrected chi connectivity index (χ0v) is 19.6. The molecular weight excluding hydrogens is 455 g/mol. The number of alkyl halides is 3. The normalized spacial score (nSPS) is 17.7. The molecule has 0 bridgehead atoms. The second kappa shape index (κ2) is 11.1. The van der Waals surface area contributed by atoms with Gasteiger partial charge in [0.15, 0.2) is 0 Å². The molecule has 1 aromatic carbocycles. The zero-order valence-electron chi connectivity index (χ0n) is 19.6. The summed E-state index contributed by atoms with van der Waals surface area (Å²) in [4.78, 5) is 19.0. The van der Waals surface area contributed by atoms with E-state index in [2.05, 4.69) is 15.6 Å². The van der Waals surface area contributed by atoms with E-state index in [9.17, 15) is 18.0 Å². The maximum atomic E-state index is 13.3. The van der Waals surface area contributed by atoms with Crippen molar-refractivity contribution in [2.45, 2.75) is 44.7 Å². The molecule has 0 aliphatic carbocycles. The molecule has 0 spiro atoms. The number of aromatic nitrogens is 1. The monoisotopic (exact) mass is 485 g/mol. The summed E-state index contributed by atoms with van der Waals surface area (Å²) in [5, 5.41) is 15.2. The predicted octanol–water partition coefficient (Wildman–Crippen LogP) is 4.76. The average molecular weight is 486 g/mol. The van der Waals surface area contributed by atoms with E-state index in [1.54, 1.807) is 6.07 Å². The van der Waals surface area contributed by atoms with Crippen molar-refractivity contribution in [3.8, 4) is 6.07 Å². The SMILES string of the molecule is N#Cc1ccc(N2CCC(C(=O)Nc3ccc(CCC4CCNCC4)cn3)CC2)cc1C(F)(F)F. The van der Waals surface area contributed by atoms with E-state index in [0.717, 1.165) is 43.5 Å². The average Bonchev–Trinajstić information content (AvgIpc) is 2.88. The van der Waals surface area contributed by atoms with Crippen LogP contribution in [0.1, 0.15) is 48.8 Å². The summed E-state index contributed by atoms with van der Waals surface area (Å²) in [6, 6.07) is 9.21. The lowest BCUT2D eigenvalue weighted by molar-refractivity contribution is -0.137. The number of hydrogen-bond donors (Lipinski definition) is 2. The number of anilines is 2. The van der Waals surface area contributed by atoms with Crippen molar-refractivity contribution in [3.63, 3.8) is 0 Å². The highest BCUT2D eigenvalue weighted by molar-refractivity contribution is 5.91. The Kier molecular flexibility index (Phi) is 7.91. The minimum atomic E-state index is -4.59. The van der Waals surface area contributed by atoms with Crippen LogP contribution in [0, 0.1) is 23.2 Å². The summed E-state index contributed by atoms with van der Waals surface area (Å²) < 4.78 is 39.8. The lowest BCUT2D eigenvalue weighted by Gasteiger charge is -2.33. The quantitative estimate of drug-likeness (QED) is 0.617. The van der Waals surface area contributed by atoms with Gasteiger partial charge in [0.1, 0.15) is 5.82 Å². The number of benzene rings is 1. The van der Waals surface area contributed by atoms with Crippen LogP contribution in [0.15, 0.2) is 36.5 Å². The lowest BCUT2D eigenvalue weighted by atomic mass is 9.92. The van der Waals surface area contributed by atoms with Crippen LogP contribution in [-0.2, 0) is 17.4 Å². The third-order valence-electron chi connectivity index (χ3n) is 7.04. The van der Waals surface area contributed by atoms with Crippen LogP contribution in [0.25, 0.3) is 0 Å². The second-order valence-electron chi connectivity index (χ2n) is 9.37. The lowest BCUT2D eigenvalue weighted by Crippen LogP contribution is -2.38. The molecule has 0 radical (unpaired) electrons. The van der Waals surface area contributed by atoms with Crippen LogP contribution in [0.2, 0.25) is 0 Å². The van der Waals surface area contributed by atoms with Crippen LogP contribution in [0.3, 0.4) is 0 Å². The molecule has 9 heteroatoms. The smallest absolute Gasteiger partial charge is 0.371 e. The Bertz CT molecular complexity index is 1050. The van der Waals surface area contributed by atoms with Gasteiger partial charge in [-0.2, -0.15) is 18.4 Å². The van der Waals surface area contributed by atoms with E-state index in [1.807, 2.05) is 23.2 Å². The van der Waals surface area contributed by atoms with Gasteiger partial charge in [-0.1, -0.05) is 6.07 Å². The number of hydrogen-bond acceptors (Lipinski definition) is 5. The van der Waals surface area contributed by atoms with Crippen molar-refractivity contribution in [1.82, 2.24) is 10.3 Å². The highest BCUT2D eigenvalue weighted by Crippen LogP contribution is 2.35. The van der Waals surface area contributed by atoms with Crippen molar-refractivity contribution < 1.29 is 18.0 Å². The van der Waals surface area contributed by atoms with Gasteiger partial charge >= 0.3 is 6.18 Å². The molecule has 2 aliphatic rings. The first kappa shape index (κ1) is 25.0. The molecule has 6 nitrogen and oxygen atoms in total. The topological polar surface area (TPSA) is 81.0 Å². The van der Waals surface area contributed by atoms with E-state index in [4.69, 9.17) is 5.26 Å². The van der Waals surface area contributed by atoms with Crippen LogP contribution >= 0.6 is 0 Å². The predicted molar refractivity (Wildman–Crippen MR) is 128 cm³/mol. The van der Waals surface area contributed by atoms with E-state index in [0.29, 0.717) is 37.4 Å². The highest BCUT2D eigenvalue weighted by Gasteiger charge is 2.35. The van der Waals surface area contributed by atoms with Crippen LogP contribution in [-0.4, -0.2) is 37.1 Å². The van der Waals surface area contributed by atoms with Crippen LogP contribution < -0.4 is 15.5 Å². The number of piperidine rings is 2. The summed E-state index contributed by atoms with van der Waals surface area (Å²) in [6.45, 7) is 3.11. The van der Waals surface area contributed by atoms with Crippen molar-refractivity contribution >= 4 is 17.4 Å². The molecule has 3 heterocycles. The van der Waals surface area contributed by atoms with Crippen molar-refractivity contribution in [2.75, 3.05) is 36.4 Å². The number of carbonyl (C=O) groups is 1. The number of rotatable bonds is 6. The van der Waals surface area contributed by atoms with E-state index >= 15 is 0 Å². The number of aryl methyl sites for hydroxylation is 1. The molecule has 186 valence electrons. The highest BCUT2D eigenvalue weighted by atomic mass is 19.4. The molecule has 0 atom stereocenters. The van der Waals surface area contributed by atoms with Gasteiger partial charge in [0.25, 0.3) is 0 Å². The first-order valence-electron chi connectivity index (χ1n) is 12.2. The molecule has 2 aromatic rings. The van der Waals surface area contributed by atoms with Gasteiger partial charge in [0.05, 0.1) is 17.2 Å². The van der Waals surface area contributed by atoms with E-state index in [1.165, 1.54) is 25.0 Å². The number of nitrogens with zero attached hydrogens (tertiary/aromatic N) is 3. The largest absolute Gasteiger partial charge is 0.417 e. The zero-order chi connectivity index (χ0) is 24.8. The summed E-state index contributed by atoms with van der Waals surface area (Å²) in [6.07, 6.45) is 2.86. The molecule has 1 amide bonds. The Morgan fingerprint density at radius 2 is 1.89 bits per heavy atom. The number of nitriles is 1. The Morgan fingerprint density at radius 1 is 1.14 bits per heavy atom. The number of nitrogens with one attached hydrogen (secondary N) is 2. The number of halogens is 3. The minimum absolute atomic E-state index is 0.115. The van der Waals surface area contributed by atoms with Gasteiger partial charge < -0.3 is 15.5 Å². The standard InChI is InChI=1S/C26H30F3N5O/c27-26(28,29)23-15-22(5-4-21(23)16-30)34-13-9-20(10-14-34)25(35)33-24-6-3-19(17-32-24)2-1-18-7-11-31-12-8-18/h3-6,15,17-18,20,31H,1-2,7-14H2,(H,32,33,35). The molecule has 1 aromatic heterocycles. The van der Waals surface area contributed by atoms with Gasteiger partial charge in [-0.3, -0.25) is 4.79 Å². The van der Waals surface area contributed by atoms with Gasteiger partial charge in [-0.05, 0) is 87.4 Å². The van der Waals surface area contributed by atoms with Gasteiger partial charge in [-0.25, -0.2) is 4.98 Å². The molecule has 0 unspecified atom stereocenters. The molecule has 2 aliphatic heterocycles. The van der Waals surface area contributed by atoms with Gasteiger partial charge in [0.2, 0.25) is 5.91 Å². The van der Waals surface area contributed by atoms with Crippen molar-refractivity contribution in [3.05, 3.63) is 53.2 Å². The van der Waals surface area contributed by atoms with E-state index in [-0.39, 0.29) is 17.4 Å². The number of amides is 1. The molecule has 2 N–H and O–H groups in total. The molecule has 35 heavy (non-hydrogen) atoms.